The van der Waals surface area contributed by atoms with Crippen LogP contribution in [-0.2, 0) is 0 Å². The second-order valence-corrected chi connectivity index (χ2v) is 6.01. The molecule has 0 amide bonds. The average Bonchev–Trinajstić information content (AvgIpc) is 2.43. The third-order valence-corrected chi connectivity index (χ3v) is 3.58. The van der Waals surface area contributed by atoms with Crippen LogP contribution in [0.3, 0.4) is 0 Å². The summed E-state index contributed by atoms with van der Waals surface area (Å²) in [5, 5.41) is 0. The molecule has 0 aliphatic heterocycles. The first-order valence-electron chi connectivity index (χ1n) is 5.78. The SMILES string of the molecule is FC(F)(F)C(F)(F)C(F)(F)C(F)(F)C(F)(F)C(F)(F)C(F)(F)C(F)(F)C(F)(F)Br. The van der Waals surface area contributed by atoms with E-state index < -0.39 is 52.5 Å². The van der Waals surface area contributed by atoms with Gasteiger partial charge in [0.05, 0.1) is 0 Å². The Morgan fingerprint density at radius 2 is 0.448 bits per heavy atom. The van der Waals surface area contributed by atoms with E-state index in [1.54, 1.807) is 0 Å². The van der Waals surface area contributed by atoms with Crippen molar-refractivity contribution in [1.29, 1.82) is 0 Å². The predicted molar refractivity (Wildman–Crippen MR) is 54.6 cm³/mol. The maximum Gasteiger partial charge on any atom is 0.460 e. The Bertz CT molecular complexity index is 554. The summed E-state index contributed by atoms with van der Waals surface area (Å²) in [6.07, 6.45) is -7.87. The zero-order valence-electron chi connectivity index (χ0n) is 12.1. The van der Waals surface area contributed by atoms with Crippen LogP contribution in [0, 0.1) is 0 Å². The Morgan fingerprint density at radius 1 is 0.276 bits per heavy atom. The zero-order chi connectivity index (χ0) is 24.5. The van der Waals surface area contributed by atoms with E-state index in [4.69, 9.17) is 0 Å². The van der Waals surface area contributed by atoms with E-state index in [1.165, 1.54) is 0 Å². The van der Waals surface area contributed by atoms with Gasteiger partial charge in [-0.15, -0.1) is 0 Å². The Hall–Kier alpha value is -0.850. The van der Waals surface area contributed by atoms with Crippen molar-refractivity contribution in [2.75, 3.05) is 0 Å². The van der Waals surface area contributed by atoms with Crippen LogP contribution in [0.4, 0.5) is 83.4 Å². The van der Waals surface area contributed by atoms with Gasteiger partial charge in [-0.3, -0.25) is 0 Å². The molecule has 0 saturated carbocycles. The lowest BCUT2D eigenvalue weighted by Crippen LogP contribution is -2.75. The molecule has 20 heteroatoms. The van der Waals surface area contributed by atoms with Crippen LogP contribution < -0.4 is 0 Å². The first-order chi connectivity index (χ1) is 12.0. The molecule has 0 saturated heterocycles. The highest BCUT2D eigenvalue weighted by Crippen LogP contribution is 2.65. The van der Waals surface area contributed by atoms with Gasteiger partial charge in [-0.1, -0.05) is 0 Å². The molecular formula is C9BrF19. The molecule has 176 valence electrons. The van der Waals surface area contributed by atoms with Crippen molar-refractivity contribution >= 4 is 15.9 Å². The summed E-state index contributed by atoms with van der Waals surface area (Å²) >= 11 is 0.297. The Balaban J connectivity index is 6.82. The number of alkyl halides is 20. The summed E-state index contributed by atoms with van der Waals surface area (Å²) < 4.78 is 240. The second kappa shape index (κ2) is 6.57. The summed E-state index contributed by atoms with van der Waals surface area (Å²) in [7, 11) is 0. The molecule has 0 atom stereocenters. The number of halogens is 20. The molecule has 0 aliphatic rings. The van der Waals surface area contributed by atoms with Crippen LogP contribution in [-0.4, -0.2) is 52.5 Å². The quantitative estimate of drug-likeness (QED) is 0.238. The van der Waals surface area contributed by atoms with Crippen molar-refractivity contribution in [2.24, 2.45) is 0 Å². The molecule has 0 aliphatic carbocycles. The van der Waals surface area contributed by atoms with Gasteiger partial charge < -0.3 is 0 Å². The first kappa shape index (κ1) is 28.1. The first-order valence-corrected chi connectivity index (χ1v) is 6.57. The molecule has 0 N–H and O–H groups in total. The fraction of sp³-hybridized carbons (Fsp3) is 1.00. The number of rotatable bonds is 7. The summed E-state index contributed by atoms with van der Waals surface area (Å²) in [6.45, 7) is 0. The Kier molecular flexibility index (Phi) is 6.38. The molecule has 0 aromatic heterocycles. The molecule has 0 rings (SSSR count). The van der Waals surface area contributed by atoms with Gasteiger partial charge in [-0.2, -0.15) is 83.4 Å². The van der Waals surface area contributed by atoms with Gasteiger partial charge in [0.25, 0.3) is 0 Å². The summed E-state index contributed by atoms with van der Waals surface area (Å²) in [4.78, 5) is -6.61. The fourth-order valence-corrected chi connectivity index (χ4v) is 1.59. The van der Waals surface area contributed by atoms with Crippen LogP contribution in [0.5, 0.6) is 0 Å². The normalized spacial score (nSPS) is 17.0. The molecule has 0 heterocycles. The van der Waals surface area contributed by atoms with Crippen LogP contribution >= 0.6 is 15.9 Å². The van der Waals surface area contributed by atoms with E-state index >= 15 is 0 Å². The van der Waals surface area contributed by atoms with Crippen LogP contribution in [0.2, 0.25) is 0 Å². The largest absolute Gasteiger partial charge is 0.460 e. The maximum absolute atomic E-state index is 13.1. The van der Waals surface area contributed by atoms with Crippen molar-refractivity contribution in [3.05, 3.63) is 0 Å². The second-order valence-electron chi connectivity index (χ2n) is 5.02. The van der Waals surface area contributed by atoms with Crippen molar-refractivity contribution in [3.63, 3.8) is 0 Å². The van der Waals surface area contributed by atoms with E-state index in [0.29, 0.717) is 15.9 Å². The van der Waals surface area contributed by atoms with E-state index in [1.807, 2.05) is 0 Å². The molecule has 0 radical (unpaired) electrons. The highest BCUT2D eigenvalue weighted by atomic mass is 79.9. The van der Waals surface area contributed by atoms with Gasteiger partial charge in [0.2, 0.25) is 0 Å². The van der Waals surface area contributed by atoms with Gasteiger partial charge in [0.1, 0.15) is 0 Å². The minimum atomic E-state index is -8.87. The smallest absolute Gasteiger partial charge is 0.192 e. The molecule has 0 unspecified atom stereocenters. The van der Waals surface area contributed by atoms with Gasteiger partial charge in [-0.25, -0.2) is 0 Å². The lowest BCUT2D eigenvalue weighted by atomic mass is 9.89. The standard InChI is InChI=1S/C9BrF19/c10-8(25,26)6(21,22)4(17,18)2(13,14)1(11,12)3(15,16)5(19,20)7(23,24)9(27,28)29. The zero-order valence-corrected chi connectivity index (χ0v) is 13.6. The van der Waals surface area contributed by atoms with E-state index in [9.17, 15) is 83.4 Å². The Labute approximate surface area is 153 Å². The monoisotopic (exact) mass is 548 g/mol. The third kappa shape index (κ3) is 3.39. The van der Waals surface area contributed by atoms with E-state index in [0.717, 1.165) is 0 Å². The third-order valence-electron chi connectivity index (χ3n) is 3.08. The predicted octanol–water partition coefficient (Wildman–Crippen LogP) is 6.98. The van der Waals surface area contributed by atoms with Crippen molar-refractivity contribution in [2.45, 2.75) is 52.5 Å². The van der Waals surface area contributed by atoms with Crippen molar-refractivity contribution in [1.82, 2.24) is 0 Å². The highest BCUT2D eigenvalue weighted by Gasteiger charge is 2.96. The lowest BCUT2D eigenvalue weighted by molar-refractivity contribution is -0.465. The van der Waals surface area contributed by atoms with Crippen LogP contribution in [0.1, 0.15) is 0 Å². The van der Waals surface area contributed by atoms with Gasteiger partial charge in [-0.05, 0) is 15.9 Å². The van der Waals surface area contributed by atoms with E-state index in [-0.39, 0.29) is 0 Å². The van der Waals surface area contributed by atoms with Gasteiger partial charge >= 0.3 is 52.5 Å². The molecule has 29 heavy (non-hydrogen) atoms. The van der Waals surface area contributed by atoms with Gasteiger partial charge in [0, 0.05) is 0 Å². The van der Waals surface area contributed by atoms with Gasteiger partial charge in [0.15, 0.2) is 0 Å². The van der Waals surface area contributed by atoms with Crippen molar-refractivity contribution in [3.8, 4) is 0 Å². The van der Waals surface area contributed by atoms with E-state index in [2.05, 4.69) is 0 Å². The van der Waals surface area contributed by atoms with Crippen LogP contribution in [0.15, 0.2) is 0 Å². The topological polar surface area (TPSA) is 0 Å². The molecule has 0 aromatic rings. The molecule has 0 fully saturated rings. The Morgan fingerprint density at radius 3 is 0.621 bits per heavy atom. The minimum absolute atomic E-state index is 0.297. The molecular weight excluding hydrogens is 549 g/mol. The lowest BCUT2D eigenvalue weighted by Gasteiger charge is -2.43. The highest BCUT2D eigenvalue weighted by molar-refractivity contribution is 9.10. The summed E-state index contributed by atoms with van der Waals surface area (Å²) in [5.41, 5.74) is 0. The van der Waals surface area contributed by atoms with Crippen LogP contribution in [0.25, 0.3) is 0 Å². The molecule has 0 nitrogen and oxygen atoms in total. The maximum atomic E-state index is 13.1. The number of hydrogen-bond acceptors (Lipinski definition) is 0. The molecule has 0 aromatic carbocycles. The average molecular weight is 549 g/mol. The summed E-state index contributed by atoms with van der Waals surface area (Å²) in [6, 6.07) is 0. The minimum Gasteiger partial charge on any atom is -0.192 e. The fourth-order valence-electron chi connectivity index (χ4n) is 1.34. The summed E-state index contributed by atoms with van der Waals surface area (Å²) in [5.74, 6) is -59.6. The molecule has 0 spiro atoms. The molecule has 0 bridgehead atoms. The van der Waals surface area contributed by atoms with Crippen molar-refractivity contribution < 1.29 is 83.4 Å². The number of hydrogen-bond donors (Lipinski definition) is 0.